The van der Waals surface area contributed by atoms with Gasteiger partial charge in [-0.05, 0) is 147 Å². The Morgan fingerprint density at radius 1 is 0.462 bits per heavy atom. The van der Waals surface area contributed by atoms with Crippen molar-refractivity contribution in [2.45, 2.75) is 167 Å². The molecule has 3 atom stereocenters. The Hall–Kier alpha value is -9.57. The zero-order chi connectivity index (χ0) is 65.7. The number of alkyl carbamates (subject to hydrolysis) is 2. The van der Waals surface area contributed by atoms with Crippen LogP contribution < -0.4 is 16.0 Å². The number of aromatic nitrogens is 4. The first-order valence-electron chi connectivity index (χ1n) is 32.7. The van der Waals surface area contributed by atoms with Gasteiger partial charge in [-0.2, -0.15) is 0 Å². The molecule has 0 saturated heterocycles. The SMILES string of the molecule is CCC1CCC(c2ccc(-c3cnc(-c4ccc(C[C@H](NC(=O)OCc5ccccc5)C(=O)N[C@H](C)C(=O)OC(C)(C)C)cc4)nc3)cc2)CC1.CCC1CCC(c2ccc(-c3cnc(-c4ccc(C[C@H](NC(=O)OCc5ccccc5)C(=O)O)cc4)nc3)cc2)CC1. The summed E-state index contributed by atoms with van der Waals surface area (Å²) in [7, 11) is 0. The number of hydrogen-bond donors (Lipinski definition) is 4. The van der Waals surface area contributed by atoms with Crippen molar-refractivity contribution in [3.05, 3.63) is 216 Å². The molecule has 2 aliphatic rings. The molecule has 3 amide bonds. The average molecular weight is 1250 g/mol. The van der Waals surface area contributed by atoms with Gasteiger partial charge in [0.1, 0.15) is 36.9 Å². The normalized spacial score (nSPS) is 17.2. The first-order valence-corrected chi connectivity index (χ1v) is 32.7. The Balaban J connectivity index is 0.000000223. The highest BCUT2D eigenvalue weighted by molar-refractivity contribution is 5.90. The molecule has 10 rings (SSSR count). The number of carbonyl (C=O) groups excluding carboxylic acids is 4. The highest BCUT2D eigenvalue weighted by Gasteiger charge is 2.29. The molecule has 2 saturated carbocycles. The summed E-state index contributed by atoms with van der Waals surface area (Å²) in [4.78, 5) is 81.1. The summed E-state index contributed by atoms with van der Waals surface area (Å²) in [6, 6.07) is 48.0. The second-order valence-electron chi connectivity index (χ2n) is 25.5. The second kappa shape index (κ2) is 33.1. The fraction of sp³-hybridized carbons (Fsp3) is 0.364. The minimum Gasteiger partial charge on any atom is -0.480 e. The molecule has 93 heavy (non-hydrogen) atoms. The molecule has 2 aromatic heterocycles. The van der Waals surface area contributed by atoms with Crippen LogP contribution in [0, 0.1) is 11.8 Å². The number of amides is 3. The number of benzene rings is 6. The minimum atomic E-state index is -1.13. The maximum atomic E-state index is 13.4. The number of carboxylic acid groups (broad SMARTS) is 1. The van der Waals surface area contributed by atoms with Crippen molar-refractivity contribution in [2.24, 2.45) is 11.8 Å². The summed E-state index contributed by atoms with van der Waals surface area (Å²) in [5.41, 5.74) is 11.1. The Morgan fingerprint density at radius 3 is 1.19 bits per heavy atom. The zero-order valence-corrected chi connectivity index (χ0v) is 54.3. The Labute approximate surface area is 546 Å². The van der Waals surface area contributed by atoms with Crippen molar-refractivity contribution in [1.29, 1.82) is 0 Å². The van der Waals surface area contributed by atoms with E-state index in [4.69, 9.17) is 14.2 Å². The molecular weight excluding hydrogens is 1170 g/mol. The van der Waals surface area contributed by atoms with Gasteiger partial charge >= 0.3 is 24.1 Å². The lowest BCUT2D eigenvalue weighted by Gasteiger charge is -2.28. The van der Waals surface area contributed by atoms with Gasteiger partial charge in [0.15, 0.2) is 11.6 Å². The van der Waals surface area contributed by atoms with Crippen LogP contribution in [-0.4, -0.2) is 78.8 Å². The molecule has 0 unspecified atom stereocenters. The van der Waals surface area contributed by atoms with E-state index in [0.717, 1.165) is 67.5 Å². The number of carbonyl (C=O) groups is 5. The minimum absolute atomic E-state index is 0.0497. The van der Waals surface area contributed by atoms with Crippen LogP contribution >= 0.6 is 0 Å². The lowest BCUT2D eigenvalue weighted by atomic mass is 9.78. The van der Waals surface area contributed by atoms with Gasteiger partial charge in [-0.15, -0.1) is 0 Å². The van der Waals surface area contributed by atoms with Crippen LogP contribution in [0.15, 0.2) is 183 Å². The van der Waals surface area contributed by atoms with E-state index in [1.807, 2.05) is 134 Å². The summed E-state index contributed by atoms with van der Waals surface area (Å²) < 4.78 is 16.0. The first kappa shape index (κ1) is 67.8. The molecule has 16 nitrogen and oxygen atoms in total. The first-order chi connectivity index (χ1) is 44.9. The monoisotopic (exact) mass is 1250 g/mol. The summed E-state index contributed by atoms with van der Waals surface area (Å²) in [6.45, 7) is 11.5. The number of nitrogens with one attached hydrogen (secondary N) is 3. The standard InChI is InChI=1S/C42H50N4O5.C35H37N3O4/c1-6-29-12-16-32(17-13-29)33-20-22-34(23-21-33)36-25-43-38(44-26-36)35-18-14-30(15-19-35)24-37(39(47)45-28(2)40(48)51-42(3,4)5)46-41(49)50-27-31-10-8-7-9-11-31;1-2-24-8-12-27(13-9-24)28-16-18-29(19-17-28)31-21-36-33(37-22-31)30-14-10-25(11-15-30)20-32(34(39)40)38-35(41)42-23-26-6-4-3-5-7-26/h7-11,14-15,18-23,25-26,28-29,32,37H,6,12-13,16-17,24,27H2,1-5H3,(H,45,47)(H,46,49);3-7,10-11,14-19,21-22,24,27,32H,2,8-9,12-13,20,23H2,1H3,(H,38,41)(H,39,40)/t28-,29?,32?,37+;24?,27?,32-/m10/s1. The molecule has 0 aliphatic heterocycles. The number of carboxylic acids is 1. The third kappa shape index (κ3) is 20.5. The van der Waals surface area contributed by atoms with Gasteiger partial charge in [0.25, 0.3) is 0 Å². The summed E-state index contributed by atoms with van der Waals surface area (Å²) in [5.74, 6) is 2.03. The van der Waals surface area contributed by atoms with Gasteiger partial charge in [0, 0.05) is 59.9 Å². The van der Waals surface area contributed by atoms with Crippen molar-refractivity contribution in [3.63, 3.8) is 0 Å². The Kier molecular flexibility index (Phi) is 24.2. The van der Waals surface area contributed by atoms with Crippen LogP contribution in [0.25, 0.3) is 45.0 Å². The number of rotatable bonds is 22. The van der Waals surface area contributed by atoms with Gasteiger partial charge in [0.05, 0.1) is 0 Å². The zero-order valence-electron chi connectivity index (χ0n) is 54.3. The number of nitrogens with zero attached hydrogens (tertiary/aromatic N) is 4. The number of aliphatic carboxylic acids is 1. The van der Waals surface area contributed by atoms with Crippen molar-refractivity contribution in [1.82, 2.24) is 35.9 Å². The maximum Gasteiger partial charge on any atom is 0.408 e. The predicted octanol–water partition coefficient (Wildman–Crippen LogP) is 15.6. The summed E-state index contributed by atoms with van der Waals surface area (Å²) in [5, 5.41) is 17.4. The molecule has 0 radical (unpaired) electrons. The highest BCUT2D eigenvalue weighted by atomic mass is 16.6. The van der Waals surface area contributed by atoms with Crippen LogP contribution in [0.4, 0.5) is 9.59 Å². The van der Waals surface area contributed by atoms with Crippen LogP contribution in [-0.2, 0) is 54.6 Å². The molecule has 16 heteroatoms. The molecule has 2 heterocycles. The maximum absolute atomic E-state index is 13.4. The predicted molar refractivity (Wildman–Crippen MR) is 361 cm³/mol. The number of hydrogen-bond acceptors (Lipinski definition) is 12. The van der Waals surface area contributed by atoms with E-state index in [-0.39, 0.29) is 26.1 Å². The summed E-state index contributed by atoms with van der Waals surface area (Å²) >= 11 is 0. The van der Waals surface area contributed by atoms with Crippen LogP contribution in [0.2, 0.25) is 0 Å². The molecule has 4 N–H and O–H groups in total. The Bertz CT molecular complexity index is 3660. The van der Waals surface area contributed by atoms with Crippen molar-refractivity contribution < 1.29 is 43.3 Å². The van der Waals surface area contributed by atoms with Crippen LogP contribution in [0.5, 0.6) is 0 Å². The quantitative estimate of drug-likeness (QED) is 0.0367. The molecule has 6 aromatic carbocycles. The summed E-state index contributed by atoms with van der Waals surface area (Å²) in [6.07, 6.45) is 19.1. The average Bonchev–Trinajstić information content (AvgIpc) is 1.11. The van der Waals surface area contributed by atoms with Crippen molar-refractivity contribution in [3.8, 4) is 45.0 Å². The molecule has 2 aliphatic carbocycles. The third-order valence-corrected chi connectivity index (χ3v) is 17.6. The Morgan fingerprint density at radius 2 is 0.828 bits per heavy atom. The van der Waals surface area contributed by atoms with E-state index >= 15 is 0 Å². The van der Waals surface area contributed by atoms with Crippen LogP contribution in [0.3, 0.4) is 0 Å². The van der Waals surface area contributed by atoms with E-state index in [0.29, 0.717) is 23.5 Å². The largest absolute Gasteiger partial charge is 0.480 e. The molecule has 0 spiro atoms. The van der Waals surface area contributed by atoms with E-state index in [1.54, 1.807) is 27.7 Å². The molecule has 484 valence electrons. The van der Waals surface area contributed by atoms with E-state index in [2.05, 4.69) is 98.3 Å². The molecule has 2 fully saturated rings. The highest BCUT2D eigenvalue weighted by Crippen LogP contribution is 2.39. The number of ether oxygens (including phenoxy) is 3. The van der Waals surface area contributed by atoms with E-state index in [9.17, 15) is 29.1 Å². The van der Waals surface area contributed by atoms with Crippen molar-refractivity contribution >= 4 is 30.0 Å². The lowest BCUT2D eigenvalue weighted by molar-refractivity contribution is -0.158. The number of esters is 1. The topological polar surface area (TPSA) is 221 Å². The smallest absolute Gasteiger partial charge is 0.408 e. The molecular formula is C77H87N7O9. The molecule has 0 bridgehead atoms. The van der Waals surface area contributed by atoms with E-state index < -0.39 is 53.8 Å². The van der Waals surface area contributed by atoms with Gasteiger partial charge in [-0.25, -0.2) is 39.1 Å². The fourth-order valence-electron chi connectivity index (χ4n) is 12.0. The van der Waals surface area contributed by atoms with Gasteiger partial charge in [-0.1, -0.05) is 184 Å². The third-order valence-electron chi connectivity index (χ3n) is 17.6. The fourth-order valence-corrected chi connectivity index (χ4v) is 12.0. The van der Waals surface area contributed by atoms with Gasteiger partial charge < -0.3 is 35.3 Å². The van der Waals surface area contributed by atoms with Crippen LogP contribution in [0.1, 0.15) is 151 Å². The second-order valence-corrected chi connectivity index (χ2v) is 25.5. The van der Waals surface area contributed by atoms with Gasteiger partial charge in [-0.3, -0.25) is 4.79 Å². The molecule has 8 aromatic rings. The lowest BCUT2D eigenvalue weighted by Crippen LogP contribution is -2.52. The van der Waals surface area contributed by atoms with E-state index in [1.165, 1.54) is 75.3 Å². The van der Waals surface area contributed by atoms with Gasteiger partial charge in [0.2, 0.25) is 5.91 Å². The van der Waals surface area contributed by atoms with Crippen molar-refractivity contribution in [2.75, 3.05) is 0 Å².